The molecule has 4 heteroatoms. The molecular formula is H6BNTiZr. The first-order chi connectivity index (χ1) is 0. The maximum absolute atomic E-state index is 0. The van der Waals surface area contributed by atoms with Crippen molar-refractivity contribution in [3.05, 3.63) is 0 Å². The summed E-state index contributed by atoms with van der Waals surface area (Å²) in [6.45, 7) is 0. The van der Waals surface area contributed by atoms with Crippen LogP contribution in [0.2, 0.25) is 0 Å². The van der Waals surface area contributed by atoms with Crippen LogP contribution in [0.5, 0.6) is 0 Å². The van der Waals surface area contributed by atoms with E-state index in [0.29, 0.717) is 0 Å². The standard InChI is InChI=1S/BH3.H3N.Ti.Zr/h2*1H3;;. The fourth-order valence-electron chi connectivity index (χ4n) is 0. The summed E-state index contributed by atoms with van der Waals surface area (Å²) in [4.78, 5) is 0. The van der Waals surface area contributed by atoms with Gasteiger partial charge in [-0.1, -0.05) is 0 Å². The molecule has 0 heterocycles. The third kappa shape index (κ3) is 9.46. The molecule has 0 amide bonds. The van der Waals surface area contributed by atoms with Crippen molar-refractivity contribution in [2.24, 2.45) is 0 Å². The van der Waals surface area contributed by atoms with E-state index in [1.54, 1.807) is 0 Å². The van der Waals surface area contributed by atoms with Crippen LogP contribution < -0.4 is 6.15 Å². The smallest absolute Gasteiger partial charge is 0.0814 e. The average molecular weight is 170 g/mol. The van der Waals surface area contributed by atoms with Gasteiger partial charge in [-0.3, -0.25) is 0 Å². The fraction of sp³-hybridized carbons (Fsp3) is 0. The number of hydrogen-bond acceptors (Lipinski definition) is 1. The minimum atomic E-state index is 0. The van der Waals surface area contributed by atoms with E-state index in [0.717, 1.165) is 0 Å². The summed E-state index contributed by atoms with van der Waals surface area (Å²) in [5, 5.41) is 0. The zero-order valence-electron chi connectivity index (χ0n) is 1.71. The predicted octanol–water partition coefficient (Wildman–Crippen LogP) is -1.03. The van der Waals surface area contributed by atoms with Crippen molar-refractivity contribution in [2.45, 2.75) is 0 Å². The molecule has 22 valence electrons. The number of hydrogen-bond donors (Lipinski definition) is 1. The molecule has 3 N–H and O–H groups in total. The van der Waals surface area contributed by atoms with Gasteiger partial charge in [-0.2, -0.15) is 0 Å². The Labute approximate surface area is 62.1 Å². The summed E-state index contributed by atoms with van der Waals surface area (Å²) < 4.78 is 0. The van der Waals surface area contributed by atoms with Crippen LogP contribution in [0.4, 0.5) is 0 Å². The molecule has 0 aromatic heterocycles. The SMILES string of the molecule is B.N.[Ti].[Zr]. The van der Waals surface area contributed by atoms with Crippen LogP contribution >= 0.6 is 0 Å². The Morgan fingerprint density at radius 3 is 1.00 bits per heavy atom. The first kappa shape index (κ1) is 45.6. The molecule has 0 atom stereocenters. The van der Waals surface area contributed by atoms with E-state index in [1.807, 2.05) is 0 Å². The van der Waals surface area contributed by atoms with E-state index < -0.39 is 0 Å². The molecule has 0 aliphatic rings. The van der Waals surface area contributed by atoms with Gasteiger partial charge in [-0.15, -0.1) is 0 Å². The Balaban J connectivity index is 0. The average Bonchev–Trinajstić information content (AvgIpc) is 0. The van der Waals surface area contributed by atoms with Gasteiger partial charge in [-0.25, -0.2) is 0 Å². The number of rotatable bonds is 0. The zero-order valence-corrected chi connectivity index (χ0v) is 5.73. The summed E-state index contributed by atoms with van der Waals surface area (Å²) in [5.74, 6) is 0. The Bertz CT molecular complexity index is 8.00. The molecular weight excluding hydrogens is 164 g/mol. The van der Waals surface area contributed by atoms with Crippen molar-refractivity contribution in [1.29, 1.82) is 0 Å². The van der Waals surface area contributed by atoms with Gasteiger partial charge in [0.15, 0.2) is 0 Å². The van der Waals surface area contributed by atoms with Crippen molar-refractivity contribution in [3.63, 3.8) is 0 Å². The predicted molar refractivity (Wildman–Crippen MR) is 15.0 cm³/mol. The van der Waals surface area contributed by atoms with E-state index in [2.05, 4.69) is 0 Å². The summed E-state index contributed by atoms with van der Waals surface area (Å²) in [5.41, 5.74) is 0. The quantitative estimate of drug-likeness (QED) is 0.463. The molecule has 0 bridgehead atoms. The van der Waals surface area contributed by atoms with E-state index in [9.17, 15) is 0 Å². The van der Waals surface area contributed by atoms with E-state index in [1.165, 1.54) is 0 Å². The zero-order chi connectivity index (χ0) is 0. The van der Waals surface area contributed by atoms with Gasteiger partial charge in [0.25, 0.3) is 0 Å². The summed E-state index contributed by atoms with van der Waals surface area (Å²) in [6, 6.07) is 0. The molecule has 1 nitrogen and oxygen atoms in total. The normalized spacial score (nSPS) is 0. The summed E-state index contributed by atoms with van der Waals surface area (Å²) >= 11 is 0. The molecule has 0 aromatic rings. The molecule has 0 aromatic carbocycles. The maximum atomic E-state index is 0. The van der Waals surface area contributed by atoms with Gasteiger partial charge in [0, 0.05) is 47.9 Å². The molecule has 0 unspecified atom stereocenters. The van der Waals surface area contributed by atoms with Crippen LogP contribution in [-0.4, -0.2) is 8.41 Å². The largest absolute Gasteiger partial charge is 0.344 e. The third-order valence-corrected chi connectivity index (χ3v) is 0. The van der Waals surface area contributed by atoms with E-state index in [4.69, 9.17) is 0 Å². The van der Waals surface area contributed by atoms with Gasteiger partial charge in [-0.05, 0) is 0 Å². The van der Waals surface area contributed by atoms with Crippen LogP contribution in [0.3, 0.4) is 0 Å². The van der Waals surface area contributed by atoms with Crippen LogP contribution in [0.25, 0.3) is 0 Å². The van der Waals surface area contributed by atoms with Crippen molar-refractivity contribution in [1.82, 2.24) is 6.15 Å². The second-order valence-corrected chi connectivity index (χ2v) is 0. The molecule has 0 aliphatic carbocycles. The molecule has 0 rings (SSSR count). The first-order valence-electron chi connectivity index (χ1n) is 0. The second-order valence-electron chi connectivity index (χ2n) is 0. The Kier molecular flexibility index (Phi) is 263. The van der Waals surface area contributed by atoms with Crippen LogP contribution in [0.1, 0.15) is 0 Å². The van der Waals surface area contributed by atoms with Crippen LogP contribution in [0, 0.1) is 0 Å². The van der Waals surface area contributed by atoms with E-state index in [-0.39, 0.29) is 62.5 Å². The Morgan fingerprint density at radius 1 is 1.00 bits per heavy atom. The fourth-order valence-corrected chi connectivity index (χ4v) is 0. The minimum absolute atomic E-state index is 0. The molecule has 0 fully saturated rings. The van der Waals surface area contributed by atoms with Crippen molar-refractivity contribution < 1.29 is 47.9 Å². The third-order valence-electron chi connectivity index (χ3n) is 0. The van der Waals surface area contributed by atoms with Gasteiger partial charge in [0.2, 0.25) is 0 Å². The summed E-state index contributed by atoms with van der Waals surface area (Å²) in [7, 11) is 0. The molecule has 4 heavy (non-hydrogen) atoms. The molecule has 0 saturated heterocycles. The van der Waals surface area contributed by atoms with Gasteiger partial charge >= 0.3 is 0 Å². The molecule has 0 radical (unpaired) electrons. The first-order valence-corrected chi connectivity index (χ1v) is 0. The van der Waals surface area contributed by atoms with Gasteiger partial charge in [0.1, 0.15) is 0 Å². The van der Waals surface area contributed by atoms with Crippen molar-refractivity contribution in [2.75, 3.05) is 0 Å². The van der Waals surface area contributed by atoms with Gasteiger partial charge < -0.3 is 6.15 Å². The van der Waals surface area contributed by atoms with E-state index >= 15 is 0 Å². The summed E-state index contributed by atoms with van der Waals surface area (Å²) in [6.07, 6.45) is 0. The molecule has 0 spiro atoms. The Hall–Kier alpha value is 1.62. The minimum Gasteiger partial charge on any atom is -0.344 e. The second kappa shape index (κ2) is 23.0. The molecule has 0 saturated carbocycles. The topological polar surface area (TPSA) is 35.0 Å². The van der Waals surface area contributed by atoms with Gasteiger partial charge in [0.05, 0.1) is 8.41 Å². The Morgan fingerprint density at radius 2 is 1.00 bits per heavy atom. The van der Waals surface area contributed by atoms with Crippen LogP contribution in [0.15, 0.2) is 0 Å². The molecule has 0 aliphatic heterocycles. The van der Waals surface area contributed by atoms with Crippen LogP contribution in [-0.2, 0) is 47.9 Å². The van der Waals surface area contributed by atoms with Crippen molar-refractivity contribution >= 4 is 8.41 Å². The maximum Gasteiger partial charge on any atom is 0.0814 e. The monoisotopic (exact) mass is 169 g/mol. The van der Waals surface area contributed by atoms with Crippen molar-refractivity contribution in [3.8, 4) is 0 Å².